The van der Waals surface area contributed by atoms with E-state index in [4.69, 9.17) is 0 Å². The molecule has 4 rings (SSSR count). The van der Waals surface area contributed by atoms with Crippen LogP contribution < -0.4 is 0 Å². The van der Waals surface area contributed by atoms with Gasteiger partial charge in [-0.05, 0) is 59.2 Å². The minimum absolute atomic E-state index is 0.700. The highest BCUT2D eigenvalue weighted by Crippen LogP contribution is 2.85. The average molecular weight is 190 g/mol. The molecule has 4 saturated carbocycles. The van der Waals surface area contributed by atoms with Gasteiger partial charge >= 0.3 is 0 Å². The molecular weight excluding hydrogens is 168 g/mol. The van der Waals surface area contributed by atoms with E-state index in [1.165, 1.54) is 0 Å². The monoisotopic (exact) mass is 190 g/mol. The lowest BCUT2D eigenvalue weighted by Crippen LogP contribution is -2.66. The lowest BCUT2D eigenvalue weighted by Gasteiger charge is -2.72. The summed E-state index contributed by atoms with van der Waals surface area (Å²) in [6.07, 6.45) is 3.15. The maximum Gasteiger partial charge on any atom is -0.0227 e. The Labute approximate surface area is 87.5 Å². The summed E-state index contributed by atoms with van der Waals surface area (Å²) >= 11 is 0. The summed E-state index contributed by atoms with van der Waals surface area (Å²) in [6.45, 7) is 10.3. The van der Waals surface area contributed by atoms with Gasteiger partial charge < -0.3 is 0 Å². The quantitative estimate of drug-likeness (QED) is 0.548. The van der Waals surface area contributed by atoms with Crippen molar-refractivity contribution < 1.29 is 0 Å². The van der Waals surface area contributed by atoms with E-state index in [-0.39, 0.29) is 0 Å². The molecule has 0 spiro atoms. The molecule has 78 valence electrons. The summed E-state index contributed by atoms with van der Waals surface area (Å²) < 4.78 is 0. The molecule has 8 atom stereocenters. The smallest absolute Gasteiger partial charge is 0.0227 e. The number of fused-ring (bicyclic) bond motifs is 2. The summed E-state index contributed by atoms with van der Waals surface area (Å²) in [5, 5.41) is 0. The summed E-state index contributed by atoms with van der Waals surface area (Å²) in [7, 11) is 0. The van der Waals surface area contributed by atoms with Crippen LogP contribution >= 0.6 is 0 Å². The van der Waals surface area contributed by atoms with Gasteiger partial charge in [-0.25, -0.2) is 0 Å². The maximum absolute atomic E-state index is 2.62. The zero-order chi connectivity index (χ0) is 9.88. The molecule has 0 radical (unpaired) electrons. The van der Waals surface area contributed by atoms with Gasteiger partial charge in [0.15, 0.2) is 0 Å². The molecule has 0 heteroatoms. The second-order valence-electron chi connectivity index (χ2n) is 7.30. The van der Waals surface area contributed by atoms with E-state index in [2.05, 4.69) is 27.7 Å². The molecule has 0 aromatic rings. The average Bonchev–Trinajstić information content (AvgIpc) is 2.27. The van der Waals surface area contributed by atoms with Crippen molar-refractivity contribution in [2.75, 3.05) is 0 Å². The van der Waals surface area contributed by atoms with Crippen molar-refractivity contribution in [3.05, 3.63) is 0 Å². The largest absolute Gasteiger partial charge is 0.0617 e. The van der Waals surface area contributed by atoms with E-state index in [0.717, 1.165) is 40.9 Å². The van der Waals surface area contributed by atoms with Crippen molar-refractivity contribution in [1.82, 2.24) is 0 Å². The first-order chi connectivity index (χ1) is 6.51. The second-order valence-corrected chi connectivity index (χ2v) is 7.30. The van der Waals surface area contributed by atoms with E-state index in [1.807, 2.05) is 0 Å². The first-order valence-electron chi connectivity index (χ1n) is 6.51. The first kappa shape index (κ1) is 8.19. The Balaban J connectivity index is 1.93. The van der Waals surface area contributed by atoms with Crippen LogP contribution in [0, 0.1) is 46.3 Å². The Morgan fingerprint density at radius 2 is 1.79 bits per heavy atom. The molecule has 0 amide bonds. The molecule has 0 aromatic carbocycles. The van der Waals surface area contributed by atoms with Gasteiger partial charge in [-0.1, -0.05) is 27.7 Å². The van der Waals surface area contributed by atoms with Crippen LogP contribution in [0.1, 0.15) is 40.5 Å². The summed E-state index contributed by atoms with van der Waals surface area (Å²) in [6, 6.07) is 0. The number of hydrogen-bond donors (Lipinski definition) is 0. The predicted octanol–water partition coefficient (Wildman–Crippen LogP) is 3.57. The van der Waals surface area contributed by atoms with Crippen molar-refractivity contribution >= 4 is 0 Å². The van der Waals surface area contributed by atoms with Gasteiger partial charge in [0.05, 0.1) is 0 Å². The molecule has 4 fully saturated rings. The third-order valence-corrected chi connectivity index (χ3v) is 7.64. The van der Waals surface area contributed by atoms with Gasteiger partial charge in [-0.15, -0.1) is 0 Å². The molecule has 0 heterocycles. The lowest BCUT2D eigenvalue weighted by molar-refractivity contribution is -0.240. The van der Waals surface area contributed by atoms with Crippen LogP contribution in [0.15, 0.2) is 0 Å². The van der Waals surface area contributed by atoms with Crippen LogP contribution in [0.4, 0.5) is 0 Å². The molecule has 2 bridgehead atoms. The highest BCUT2D eigenvalue weighted by atomic mass is 14.8. The fourth-order valence-electron chi connectivity index (χ4n) is 6.84. The lowest BCUT2D eigenvalue weighted by atomic mass is 9.33. The third kappa shape index (κ3) is 0.480. The molecule has 0 saturated heterocycles. The molecule has 0 N–H and O–H groups in total. The highest BCUT2D eigenvalue weighted by Gasteiger charge is 2.80. The minimum Gasteiger partial charge on any atom is -0.0617 e. The molecule has 4 aliphatic carbocycles. The Hall–Kier alpha value is 0. The maximum atomic E-state index is 2.62. The van der Waals surface area contributed by atoms with Crippen LogP contribution in [0.2, 0.25) is 0 Å². The summed E-state index contributed by atoms with van der Waals surface area (Å²) in [5.41, 5.74) is 1.46. The van der Waals surface area contributed by atoms with Crippen LogP contribution in [0.25, 0.3) is 0 Å². The van der Waals surface area contributed by atoms with E-state index in [0.29, 0.717) is 5.41 Å². The van der Waals surface area contributed by atoms with E-state index in [9.17, 15) is 0 Å². The highest BCUT2D eigenvalue weighted by molar-refractivity contribution is 5.28. The molecule has 0 aliphatic heterocycles. The molecule has 14 heavy (non-hydrogen) atoms. The van der Waals surface area contributed by atoms with Crippen molar-refractivity contribution in [2.24, 2.45) is 46.3 Å². The van der Waals surface area contributed by atoms with Gasteiger partial charge in [0.1, 0.15) is 0 Å². The van der Waals surface area contributed by atoms with Crippen molar-refractivity contribution in [2.45, 2.75) is 40.5 Å². The molecule has 8 unspecified atom stereocenters. The number of rotatable bonds is 0. The van der Waals surface area contributed by atoms with Crippen LogP contribution in [0.5, 0.6) is 0 Å². The van der Waals surface area contributed by atoms with Crippen molar-refractivity contribution in [3.63, 3.8) is 0 Å². The SMILES string of the molecule is CC1C2C3CC4CC1(C)C(C)C2(C)C43. The fourth-order valence-corrected chi connectivity index (χ4v) is 6.84. The first-order valence-corrected chi connectivity index (χ1v) is 6.51. The van der Waals surface area contributed by atoms with Crippen LogP contribution in [-0.4, -0.2) is 0 Å². The van der Waals surface area contributed by atoms with Gasteiger partial charge in [0.2, 0.25) is 0 Å². The standard InChI is InChI=1S/C14H22/c1-7-11-10-5-9-6-13(7,3)8(2)14(11,4)12(9)10/h7-12H,5-6H2,1-4H3. The zero-order valence-corrected chi connectivity index (χ0v) is 9.88. The van der Waals surface area contributed by atoms with Crippen molar-refractivity contribution in [1.29, 1.82) is 0 Å². The molecular formula is C14H22. The molecule has 0 nitrogen and oxygen atoms in total. The topological polar surface area (TPSA) is 0 Å². The molecule has 4 aliphatic rings. The Bertz CT molecular complexity index is 312. The van der Waals surface area contributed by atoms with Gasteiger partial charge in [0, 0.05) is 0 Å². The summed E-state index contributed by atoms with van der Waals surface area (Å²) in [5.74, 6) is 6.55. The Morgan fingerprint density at radius 3 is 2.50 bits per heavy atom. The van der Waals surface area contributed by atoms with Crippen molar-refractivity contribution in [3.8, 4) is 0 Å². The minimum atomic E-state index is 0.700. The van der Waals surface area contributed by atoms with Gasteiger partial charge in [-0.3, -0.25) is 0 Å². The summed E-state index contributed by atoms with van der Waals surface area (Å²) in [4.78, 5) is 0. The normalized spacial score (nSPS) is 78.0. The molecule has 0 aromatic heterocycles. The van der Waals surface area contributed by atoms with E-state index < -0.39 is 0 Å². The van der Waals surface area contributed by atoms with Crippen LogP contribution in [-0.2, 0) is 0 Å². The zero-order valence-electron chi connectivity index (χ0n) is 9.88. The van der Waals surface area contributed by atoms with Gasteiger partial charge in [0.25, 0.3) is 0 Å². The van der Waals surface area contributed by atoms with E-state index in [1.54, 1.807) is 12.8 Å². The fraction of sp³-hybridized carbons (Fsp3) is 1.00. The Kier molecular flexibility index (Phi) is 1.07. The second kappa shape index (κ2) is 1.83. The predicted molar refractivity (Wildman–Crippen MR) is 57.7 cm³/mol. The van der Waals surface area contributed by atoms with Crippen LogP contribution in [0.3, 0.4) is 0 Å². The number of hydrogen-bond acceptors (Lipinski definition) is 0. The Morgan fingerprint density at radius 1 is 1.07 bits per heavy atom. The van der Waals surface area contributed by atoms with Gasteiger partial charge in [-0.2, -0.15) is 0 Å². The van der Waals surface area contributed by atoms with E-state index >= 15 is 0 Å². The third-order valence-electron chi connectivity index (χ3n) is 7.64.